The summed E-state index contributed by atoms with van der Waals surface area (Å²) in [6.45, 7) is 1.52. The monoisotopic (exact) mass is 343 g/mol. The van der Waals surface area contributed by atoms with E-state index in [1.54, 1.807) is 36.5 Å². The highest BCUT2D eigenvalue weighted by Gasteiger charge is 2.01. The Kier molecular flexibility index (Phi) is 5.06. The minimum Gasteiger partial charge on any atom is -0.362 e. The summed E-state index contributed by atoms with van der Waals surface area (Å²) in [5, 5.41) is 2.99. The molecule has 0 spiro atoms. The van der Waals surface area contributed by atoms with E-state index in [1.165, 1.54) is 13.0 Å². The van der Waals surface area contributed by atoms with E-state index < -0.39 is 0 Å². The molecule has 0 radical (unpaired) electrons. The van der Waals surface area contributed by atoms with Crippen LogP contribution >= 0.6 is 15.9 Å². The molecule has 0 aliphatic carbocycles. The first-order chi connectivity index (χ1) is 10.1. The van der Waals surface area contributed by atoms with E-state index in [0.717, 1.165) is 10.2 Å². The molecule has 0 unspecified atom stereocenters. The van der Waals surface area contributed by atoms with E-state index in [0.29, 0.717) is 11.1 Å². The summed E-state index contributed by atoms with van der Waals surface area (Å²) in [7, 11) is 0. The van der Waals surface area contributed by atoms with Crippen LogP contribution in [0.5, 0.6) is 0 Å². The number of hydrogen-bond acceptors (Lipinski definition) is 3. The Hall–Kier alpha value is -2.20. The summed E-state index contributed by atoms with van der Waals surface area (Å²) in [6.07, 6.45) is 3.04. The molecule has 0 aromatic heterocycles. The molecule has 2 aromatic carbocycles. The number of nitrogens with one attached hydrogen (secondary N) is 1. The number of hydrogen-bond donors (Lipinski definition) is 1. The fraction of sp³-hybridized carbons (Fsp3) is 0.0588. The van der Waals surface area contributed by atoms with Gasteiger partial charge in [-0.1, -0.05) is 28.1 Å². The van der Waals surface area contributed by atoms with E-state index in [-0.39, 0.29) is 11.6 Å². The molecule has 0 saturated carbocycles. The van der Waals surface area contributed by atoms with Gasteiger partial charge in [-0.15, -0.1) is 0 Å². The van der Waals surface area contributed by atoms with Crippen molar-refractivity contribution in [1.29, 1.82) is 0 Å². The third kappa shape index (κ3) is 4.39. The summed E-state index contributed by atoms with van der Waals surface area (Å²) >= 11 is 3.33. The maximum Gasteiger partial charge on any atom is 0.187 e. The molecule has 0 heterocycles. The number of carbonyl (C=O) groups is 2. The van der Waals surface area contributed by atoms with E-state index in [2.05, 4.69) is 21.2 Å². The Morgan fingerprint density at radius 3 is 2.43 bits per heavy atom. The third-order valence-electron chi connectivity index (χ3n) is 2.88. The smallest absolute Gasteiger partial charge is 0.187 e. The molecule has 0 bridgehead atoms. The molecule has 1 N–H and O–H groups in total. The van der Waals surface area contributed by atoms with E-state index in [9.17, 15) is 9.59 Å². The van der Waals surface area contributed by atoms with E-state index >= 15 is 0 Å². The molecule has 0 aliphatic heterocycles. The van der Waals surface area contributed by atoms with E-state index in [1.807, 2.05) is 18.2 Å². The highest BCUT2D eigenvalue weighted by molar-refractivity contribution is 9.10. The Labute approximate surface area is 131 Å². The normalized spacial score (nSPS) is 10.6. The van der Waals surface area contributed by atoms with Crippen LogP contribution < -0.4 is 5.32 Å². The molecular formula is C17H14BrNO2. The molecular weight excluding hydrogens is 330 g/mol. The topological polar surface area (TPSA) is 46.2 Å². The molecule has 2 rings (SSSR count). The van der Waals surface area contributed by atoms with Gasteiger partial charge in [0.15, 0.2) is 11.6 Å². The van der Waals surface area contributed by atoms with Gasteiger partial charge in [-0.05, 0) is 43.3 Å². The number of benzene rings is 2. The lowest BCUT2D eigenvalue weighted by Crippen LogP contribution is -1.97. The SMILES string of the molecule is CC(=O)c1cccc(NC=CC(=O)c2ccc(Br)cc2)c1. The van der Waals surface area contributed by atoms with Crippen molar-refractivity contribution in [2.24, 2.45) is 0 Å². The van der Waals surface area contributed by atoms with Crippen LogP contribution in [0.25, 0.3) is 0 Å². The fourth-order valence-corrected chi connectivity index (χ4v) is 2.02. The first-order valence-corrected chi connectivity index (χ1v) is 7.19. The van der Waals surface area contributed by atoms with Crippen molar-refractivity contribution < 1.29 is 9.59 Å². The fourth-order valence-electron chi connectivity index (χ4n) is 1.75. The Balaban J connectivity index is 2.02. The maximum absolute atomic E-state index is 11.9. The van der Waals surface area contributed by atoms with Gasteiger partial charge in [0.2, 0.25) is 0 Å². The Morgan fingerprint density at radius 1 is 1.05 bits per heavy atom. The van der Waals surface area contributed by atoms with Gasteiger partial charge in [0, 0.05) is 33.6 Å². The second kappa shape index (κ2) is 6.99. The van der Waals surface area contributed by atoms with Crippen LogP contribution in [0.2, 0.25) is 0 Å². The number of halogens is 1. The van der Waals surface area contributed by atoms with Crippen LogP contribution in [0.15, 0.2) is 65.3 Å². The molecule has 4 heteroatoms. The zero-order valence-corrected chi connectivity index (χ0v) is 13.1. The molecule has 21 heavy (non-hydrogen) atoms. The Morgan fingerprint density at radius 2 is 1.76 bits per heavy atom. The summed E-state index contributed by atoms with van der Waals surface area (Å²) in [4.78, 5) is 23.2. The molecule has 0 amide bonds. The first kappa shape index (κ1) is 15.2. The molecule has 0 fully saturated rings. The quantitative estimate of drug-likeness (QED) is 0.643. The van der Waals surface area contributed by atoms with Gasteiger partial charge < -0.3 is 5.32 Å². The molecule has 0 aliphatic rings. The molecule has 0 atom stereocenters. The van der Waals surface area contributed by atoms with Crippen LogP contribution in [0, 0.1) is 0 Å². The van der Waals surface area contributed by atoms with Crippen LogP contribution in [0.1, 0.15) is 27.6 Å². The van der Waals surface area contributed by atoms with Crippen molar-refractivity contribution in [3.8, 4) is 0 Å². The minimum atomic E-state index is -0.0854. The molecule has 3 nitrogen and oxygen atoms in total. The number of anilines is 1. The third-order valence-corrected chi connectivity index (χ3v) is 3.41. The van der Waals surface area contributed by atoms with Crippen molar-refractivity contribution in [2.75, 3.05) is 5.32 Å². The van der Waals surface area contributed by atoms with Crippen molar-refractivity contribution in [2.45, 2.75) is 6.92 Å². The second-order valence-electron chi connectivity index (χ2n) is 4.49. The highest BCUT2D eigenvalue weighted by Crippen LogP contribution is 2.13. The van der Waals surface area contributed by atoms with Gasteiger partial charge in [0.05, 0.1) is 0 Å². The second-order valence-corrected chi connectivity index (χ2v) is 5.40. The lowest BCUT2D eigenvalue weighted by atomic mass is 10.1. The van der Waals surface area contributed by atoms with Gasteiger partial charge in [0.1, 0.15) is 0 Å². The number of Topliss-reactive ketones (excluding diaryl/α,β-unsaturated/α-hetero) is 1. The average Bonchev–Trinajstić information content (AvgIpc) is 2.48. The zero-order chi connectivity index (χ0) is 15.2. The lowest BCUT2D eigenvalue weighted by molar-refractivity contribution is 0.101. The van der Waals surface area contributed by atoms with Crippen molar-refractivity contribution >= 4 is 33.2 Å². The minimum absolute atomic E-state index is 0.00793. The lowest BCUT2D eigenvalue weighted by Gasteiger charge is -2.02. The van der Waals surface area contributed by atoms with E-state index in [4.69, 9.17) is 0 Å². The predicted molar refractivity (Wildman–Crippen MR) is 87.7 cm³/mol. The van der Waals surface area contributed by atoms with Gasteiger partial charge >= 0.3 is 0 Å². The summed E-state index contributed by atoms with van der Waals surface area (Å²) < 4.78 is 0.933. The van der Waals surface area contributed by atoms with Crippen LogP contribution in [-0.4, -0.2) is 11.6 Å². The summed E-state index contributed by atoms with van der Waals surface area (Å²) in [6, 6.07) is 14.3. The zero-order valence-electron chi connectivity index (χ0n) is 11.5. The van der Waals surface area contributed by atoms with Crippen LogP contribution in [-0.2, 0) is 0 Å². The summed E-state index contributed by atoms with van der Waals surface area (Å²) in [5.74, 6) is -0.0775. The van der Waals surface area contributed by atoms with Crippen molar-refractivity contribution in [3.63, 3.8) is 0 Å². The van der Waals surface area contributed by atoms with Crippen molar-refractivity contribution in [1.82, 2.24) is 0 Å². The molecule has 0 saturated heterocycles. The molecule has 106 valence electrons. The number of ketones is 2. The van der Waals surface area contributed by atoms with Crippen LogP contribution in [0.3, 0.4) is 0 Å². The largest absolute Gasteiger partial charge is 0.362 e. The average molecular weight is 344 g/mol. The Bertz CT molecular complexity index is 690. The number of carbonyl (C=O) groups excluding carboxylic acids is 2. The van der Waals surface area contributed by atoms with Gasteiger partial charge in [-0.25, -0.2) is 0 Å². The van der Waals surface area contributed by atoms with Gasteiger partial charge in [-0.2, -0.15) is 0 Å². The van der Waals surface area contributed by atoms with Crippen molar-refractivity contribution in [3.05, 3.63) is 76.4 Å². The highest BCUT2D eigenvalue weighted by atomic mass is 79.9. The first-order valence-electron chi connectivity index (χ1n) is 6.40. The molecule has 2 aromatic rings. The number of rotatable bonds is 5. The van der Waals surface area contributed by atoms with Crippen LogP contribution in [0.4, 0.5) is 5.69 Å². The standard InChI is InChI=1S/C17H14BrNO2/c1-12(20)14-3-2-4-16(11-14)19-10-9-17(21)13-5-7-15(18)8-6-13/h2-11,19H,1H3. The predicted octanol–water partition coefficient (Wildman–Crippen LogP) is 4.46. The van der Waals surface area contributed by atoms with Gasteiger partial charge in [-0.3, -0.25) is 9.59 Å². The number of allylic oxidation sites excluding steroid dienone is 1. The summed E-state index contributed by atoms with van der Waals surface area (Å²) in [5.41, 5.74) is 2.02. The van der Waals surface area contributed by atoms with Gasteiger partial charge in [0.25, 0.3) is 0 Å². The maximum atomic E-state index is 11.9.